The fraction of sp³-hybridized carbons (Fsp3) is 0.125. The Morgan fingerprint density at radius 1 is 1.54 bits per heavy atom. The second kappa shape index (κ2) is 3.30. The molecule has 1 aromatic rings. The number of aromatic carboxylic acids is 1. The van der Waals surface area contributed by atoms with Crippen molar-refractivity contribution in [3.63, 3.8) is 0 Å². The van der Waals surface area contributed by atoms with Gasteiger partial charge in [-0.25, -0.2) is 4.79 Å². The number of benzene rings is 1. The monoisotopic (exact) mass is 186 g/mol. The largest absolute Gasteiger partial charge is 0.504 e. The first-order valence-electron chi connectivity index (χ1n) is 3.36. The first-order chi connectivity index (χ1) is 6.07. The van der Waals surface area contributed by atoms with E-state index in [2.05, 4.69) is 4.74 Å². The van der Waals surface area contributed by atoms with Crippen molar-refractivity contribution in [3.05, 3.63) is 23.5 Å². The summed E-state index contributed by atoms with van der Waals surface area (Å²) in [5.41, 5.74) is -0.488. The summed E-state index contributed by atoms with van der Waals surface area (Å²) in [6.07, 6.45) is 0. The van der Waals surface area contributed by atoms with Crippen molar-refractivity contribution in [2.45, 2.75) is 0 Å². The average molecular weight is 186 g/mol. The Labute approximate surface area is 73.2 Å². The minimum Gasteiger partial charge on any atom is -0.504 e. The van der Waals surface area contributed by atoms with E-state index in [4.69, 9.17) is 10.2 Å². The number of carboxylic acids is 1. The van der Waals surface area contributed by atoms with Gasteiger partial charge in [-0.2, -0.15) is 4.39 Å². The highest BCUT2D eigenvalue weighted by Gasteiger charge is 2.17. The molecule has 0 heterocycles. The van der Waals surface area contributed by atoms with E-state index in [1.807, 2.05) is 0 Å². The van der Waals surface area contributed by atoms with E-state index >= 15 is 0 Å². The van der Waals surface area contributed by atoms with Gasteiger partial charge in [0.1, 0.15) is 5.56 Å². The lowest BCUT2D eigenvalue weighted by molar-refractivity contribution is 0.0692. The molecule has 0 saturated heterocycles. The zero-order chi connectivity index (χ0) is 10.0. The standard InChI is InChI=1S/C8H7FO4/c1-13-5-3-2-4(8(11)12)7(10)6(5)9/h2-3,10H,1H3,(H,11,12). The van der Waals surface area contributed by atoms with Gasteiger partial charge in [0.15, 0.2) is 11.5 Å². The first kappa shape index (κ1) is 9.31. The summed E-state index contributed by atoms with van der Waals surface area (Å²) in [7, 11) is 1.22. The third kappa shape index (κ3) is 1.53. The van der Waals surface area contributed by atoms with Gasteiger partial charge in [0.05, 0.1) is 7.11 Å². The highest BCUT2D eigenvalue weighted by Crippen LogP contribution is 2.28. The molecule has 0 fully saturated rings. The van der Waals surface area contributed by atoms with Crippen LogP contribution in [0.4, 0.5) is 4.39 Å². The average Bonchev–Trinajstić information content (AvgIpc) is 2.09. The van der Waals surface area contributed by atoms with Crippen molar-refractivity contribution in [1.82, 2.24) is 0 Å². The Balaban J connectivity index is 3.31. The maximum Gasteiger partial charge on any atom is 0.339 e. The van der Waals surface area contributed by atoms with Gasteiger partial charge in [0.2, 0.25) is 5.82 Å². The Bertz CT molecular complexity index is 348. The van der Waals surface area contributed by atoms with Crippen LogP contribution in [-0.2, 0) is 0 Å². The van der Waals surface area contributed by atoms with Crippen molar-refractivity contribution >= 4 is 5.97 Å². The number of methoxy groups -OCH3 is 1. The summed E-state index contributed by atoms with van der Waals surface area (Å²) in [5, 5.41) is 17.5. The number of phenols is 1. The van der Waals surface area contributed by atoms with E-state index in [1.54, 1.807) is 0 Å². The lowest BCUT2D eigenvalue weighted by atomic mass is 10.2. The fourth-order valence-electron chi connectivity index (χ4n) is 0.876. The Morgan fingerprint density at radius 3 is 2.62 bits per heavy atom. The Kier molecular flexibility index (Phi) is 2.36. The number of aromatic hydroxyl groups is 1. The second-order valence-corrected chi connectivity index (χ2v) is 2.28. The van der Waals surface area contributed by atoms with Crippen molar-refractivity contribution in [3.8, 4) is 11.5 Å². The lowest BCUT2D eigenvalue weighted by Gasteiger charge is -2.04. The minimum atomic E-state index is -1.39. The normalized spacial score (nSPS) is 9.69. The highest BCUT2D eigenvalue weighted by molar-refractivity contribution is 5.91. The van der Waals surface area contributed by atoms with Crippen molar-refractivity contribution in [2.24, 2.45) is 0 Å². The van der Waals surface area contributed by atoms with Crippen LogP contribution in [-0.4, -0.2) is 23.3 Å². The molecule has 1 aromatic carbocycles. The summed E-state index contributed by atoms with van der Waals surface area (Å²) in [6.45, 7) is 0. The molecule has 0 aliphatic carbocycles. The molecule has 0 aromatic heterocycles. The topological polar surface area (TPSA) is 66.8 Å². The zero-order valence-corrected chi connectivity index (χ0v) is 6.74. The minimum absolute atomic E-state index is 0.192. The molecule has 0 radical (unpaired) electrons. The van der Waals surface area contributed by atoms with E-state index in [-0.39, 0.29) is 5.75 Å². The SMILES string of the molecule is COc1ccc(C(=O)O)c(O)c1F. The van der Waals surface area contributed by atoms with Crippen LogP contribution in [0.5, 0.6) is 11.5 Å². The lowest BCUT2D eigenvalue weighted by Crippen LogP contribution is -1.99. The van der Waals surface area contributed by atoms with Crippen molar-refractivity contribution in [2.75, 3.05) is 7.11 Å². The van der Waals surface area contributed by atoms with Crippen LogP contribution in [0.2, 0.25) is 0 Å². The molecule has 70 valence electrons. The van der Waals surface area contributed by atoms with E-state index in [0.717, 1.165) is 12.1 Å². The third-order valence-corrected chi connectivity index (χ3v) is 1.53. The molecule has 5 heteroatoms. The van der Waals surface area contributed by atoms with E-state index in [1.165, 1.54) is 7.11 Å². The van der Waals surface area contributed by atoms with Crippen LogP contribution >= 0.6 is 0 Å². The molecule has 2 N–H and O–H groups in total. The number of carboxylic acid groups (broad SMARTS) is 1. The van der Waals surface area contributed by atoms with Crippen LogP contribution in [0.15, 0.2) is 12.1 Å². The molecule has 13 heavy (non-hydrogen) atoms. The van der Waals surface area contributed by atoms with Gasteiger partial charge in [-0.3, -0.25) is 0 Å². The maximum atomic E-state index is 13.0. The second-order valence-electron chi connectivity index (χ2n) is 2.28. The molecule has 0 saturated carbocycles. The molecule has 0 aliphatic rings. The maximum absolute atomic E-state index is 13.0. The predicted molar refractivity (Wildman–Crippen MR) is 41.6 cm³/mol. The first-order valence-corrected chi connectivity index (χ1v) is 3.36. The van der Waals surface area contributed by atoms with Crippen molar-refractivity contribution in [1.29, 1.82) is 0 Å². The van der Waals surface area contributed by atoms with E-state index < -0.39 is 23.1 Å². The number of hydrogen-bond donors (Lipinski definition) is 2. The summed E-state index contributed by atoms with van der Waals surface area (Å²) >= 11 is 0. The number of carbonyl (C=O) groups is 1. The molecule has 0 atom stereocenters. The van der Waals surface area contributed by atoms with Crippen LogP contribution in [0.25, 0.3) is 0 Å². The summed E-state index contributed by atoms with van der Waals surface area (Å²) < 4.78 is 17.5. The smallest absolute Gasteiger partial charge is 0.339 e. The summed E-state index contributed by atoms with van der Waals surface area (Å²) in [6, 6.07) is 2.21. The molecule has 0 bridgehead atoms. The summed E-state index contributed by atoms with van der Waals surface area (Å²) in [5.74, 6) is -3.56. The van der Waals surface area contributed by atoms with Crippen molar-refractivity contribution < 1.29 is 24.1 Å². The predicted octanol–water partition coefficient (Wildman–Crippen LogP) is 1.24. The van der Waals surface area contributed by atoms with Gasteiger partial charge < -0.3 is 14.9 Å². The molecule has 0 spiro atoms. The number of ether oxygens (including phenoxy) is 1. The van der Waals surface area contributed by atoms with Gasteiger partial charge in [-0.15, -0.1) is 0 Å². The van der Waals surface area contributed by atoms with Gasteiger partial charge in [-0.05, 0) is 12.1 Å². The fourth-order valence-corrected chi connectivity index (χ4v) is 0.876. The molecule has 0 amide bonds. The van der Waals surface area contributed by atoms with Gasteiger partial charge in [0, 0.05) is 0 Å². The Hall–Kier alpha value is -1.78. The van der Waals surface area contributed by atoms with Crippen LogP contribution < -0.4 is 4.74 Å². The molecule has 1 rings (SSSR count). The van der Waals surface area contributed by atoms with Gasteiger partial charge >= 0.3 is 5.97 Å². The molecular weight excluding hydrogens is 179 g/mol. The Morgan fingerprint density at radius 2 is 2.15 bits per heavy atom. The highest BCUT2D eigenvalue weighted by atomic mass is 19.1. The van der Waals surface area contributed by atoms with Crippen LogP contribution in [0.1, 0.15) is 10.4 Å². The summed E-state index contributed by atoms with van der Waals surface area (Å²) in [4.78, 5) is 10.4. The van der Waals surface area contributed by atoms with Crippen LogP contribution in [0.3, 0.4) is 0 Å². The van der Waals surface area contributed by atoms with E-state index in [0.29, 0.717) is 0 Å². The number of rotatable bonds is 2. The number of halogens is 1. The van der Waals surface area contributed by atoms with Crippen LogP contribution in [0, 0.1) is 5.82 Å². The molecule has 0 unspecified atom stereocenters. The molecule has 0 aliphatic heterocycles. The number of hydrogen-bond acceptors (Lipinski definition) is 3. The quantitative estimate of drug-likeness (QED) is 0.729. The van der Waals surface area contributed by atoms with E-state index in [9.17, 15) is 9.18 Å². The van der Waals surface area contributed by atoms with Gasteiger partial charge in [-0.1, -0.05) is 0 Å². The third-order valence-electron chi connectivity index (χ3n) is 1.53. The molecule has 4 nitrogen and oxygen atoms in total. The zero-order valence-electron chi connectivity index (χ0n) is 6.74. The van der Waals surface area contributed by atoms with Gasteiger partial charge in [0.25, 0.3) is 0 Å². The molecular formula is C8H7FO4.